The SMILES string of the molecule is O=C=C1CSC(=O)N1.[O]CCCl. The van der Waals surface area contributed by atoms with E-state index in [1.54, 1.807) is 5.94 Å². The Labute approximate surface area is 79.0 Å². The lowest BCUT2D eigenvalue weighted by atomic mass is 10.6. The molecule has 1 heterocycles. The van der Waals surface area contributed by atoms with Gasteiger partial charge in [-0.05, 0) is 0 Å². The quantitative estimate of drug-likeness (QED) is 0.512. The van der Waals surface area contributed by atoms with E-state index >= 15 is 0 Å². The number of halogens is 1. The molecule has 0 spiro atoms. The summed E-state index contributed by atoms with van der Waals surface area (Å²) in [6.45, 7) is -0.165. The van der Waals surface area contributed by atoms with Gasteiger partial charge in [0.1, 0.15) is 11.6 Å². The highest BCUT2D eigenvalue weighted by molar-refractivity contribution is 8.14. The average Bonchev–Trinajstić information content (AvgIpc) is 2.52. The van der Waals surface area contributed by atoms with Crippen LogP contribution in [0.2, 0.25) is 0 Å². The summed E-state index contributed by atoms with van der Waals surface area (Å²) in [6.07, 6.45) is 0. The number of amides is 1. The van der Waals surface area contributed by atoms with E-state index in [2.05, 4.69) is 5.32 Å². The molecule has 1 N–H and O–H groups in total. The van der Waals surface area contributed by atoms with Crippen LogP contribution >= 0.6 is 23.4 Å². The van der Waals surface area contributed by atoms with Crippen LogP contribution < -0.4 is 5.32 Å². The molecule has 0 aromatic rings. The predicted molar refractivity (Wildman–Crippen MR) is 46.5 cm³/mol. The van der Waals surface area contributed by atoms with E-state index in [1.165, 1.54) is 0 Å². The molecule has 1 radical (unpaired) electrons. The summed E-state index contributed by atoms with van der Waals surface area (Å²) in [6, 6.07) is 0. The summed E-state index contributed by atoms with van der Waals surface area (Å²) in [4.78, 5) is 20.0. The molecule has 1 rings (SSSR count). The summed E-state index contributed by atoms with van der Waals surface area (Å²) < 4.78 is 0. The first-order valence-corrected chi connectivity index (χ1v) is 4.58. The van der Waals surface area contributed by atoms with Gasteiger partial charge in [-0.3, -0.25) is 4.79 Å². The minimum absolute atomic E-state index is 0.164. The first-order chi connectivity index (χ1) is 5.74. The van der Waals surface area contributed by atoms with Crippen molar-refractivity contribution in [2.75, 3.05) is 18.2 Å². The van der Waals surface area contributed by atoms with Crippen LogP contribution in [0.15, 0.2) is 5.70 Å². The molecule has 0 aromatic heterocycles. The Hall–Kier alpha value is -0.480. The van der Waals surface area contributed by atoms with Crippen molar-refractivity contribution < 1.29 is 14.7 Å². The Morgan fingerprint density at radius 3 is 2.42 bits per heavy atom. The minimum Gasteiger partial charge on any atom is -0.310 e. The zero-order chi connectivity index (χ0) is 9.40. The van der Waals surface area contributed by atoms with Gasteiger partial charge in [0.15, 0.2) is 0 Å². The van der Waals surface area contributed by atoms with Crippen molar-refractivity contribution in [1.29, 1.82) is 0 Å². The number of hydrogen-bond donors (Lipinski definition) is 1. The zero-order valence-electron chi connectivity index (χ0n) is 6.13. The summed E-state index contributed by atoms with van der Waals surface area (Å²) in [5.74, 6) is 2.29. The first-order valence-electron chi connectivity index (χ1n) is 3.06. The molecule has 6 heteroatoms. The fourth-order valence-electron chi connectivity index (χ4n) is 0.388. The van der Waals surface area contributed by atoms with E-state index in [1.807, 2.05) is 0 Å². The lowest BCUT2D eigenvalue weighted by molar-refractivity contribution is 0.214. The second-order valence-corrected chi connectivity index (χ2v) is 3.00. The van der Waals surface area contributed by atoms with E-state index in [9.17, 15) is 9.59 Å². The molecule has 12 heavy (non-hydrogen) atoms. The largest absolute Gasteiger partial charge is 0.310 e. The van der Waals surface area contributed by atoms with Crippen LogP contribution in [0.4, 0.5) is 4.79 Å². The first kappa shape index (κ1) is 11.5. The molecular weight excluding hydrogens is 202 g/mol. The standard InChI is InChI=1S/C4H3NO2S.C2H4ClO/c6-1-3-2-8-4(7)5-3;3-1-2-4/h2H2,(H,5,7);1-2H2. The molecule has 1 aliphatic rings. The van der Waals surface area contributed by atoms with Gasteiger partial charge in [-0.15, -0.1) is 11.6 Å². The molecule has 0 atom stereocenters. The van der Waals surface area contributed by atoms with Gasteiger partial charge >= 0.3 is 0 Å². The van der Waals surface area contributed by atoms with Crippen LogP contribution in [0.5, 0.6) is 0 Å². The number of hydrogen-bond acceptors (Lipinski definition) is 3. The molecule has 0 bridgehead atoms. The van der Waals surface area contributed by atoms with E-state index in [0.29, 0.717) is 11.4 Å². The summed E-state index contributed by atoms with van der Waals surface area (Å²) >= 11 is 5.95. The number of alkyl halides is 1. The summed E-state index contributed by atoms with van der Waals surface area (Å²) in [5.41, 5.74) is 0.347. The molecule has 67 valence electrons. The zero-order valence-corrected chi connectivity index (χ0v) is 7.70. The molecule has 1 aliphatic heterocycles. The van der Waals surface area contributed by atoms with E-state index < -0.39 is 0 Å². The van der Waals surface area contributed by atoms with Crippen molar-refractivity contribution in [1.82, 2.24) is 5.32 Å². The maximum atomic E-state index is 10.3. The van der Waals surface area contributed by atoms with Gasteiger partial charge in [-0.25, -0.2) is 9.90 Å². The number of rotatable bonds is 1. The van der Waals surface area contributed by atoms with E-state index in [-0.39, 0.29) is 17.7 Å². The van der Waals surface area contributed by atoms with Crippen LogP contribution in [-0.2, 0) is 9.90 Å². The molecule has 0 unspecified atom stereocenters. The van der Waals surface area contributed by atoms with Gasteiger partial charge < -0.3 is 5.32 Å². The van der Waals surface area contributed by atoms with Crippen molar-refractivity contribution in [2.24, 2.45) is 0 Å². The van der Waals surface area contributed by atoms with Crippen molar-refractivity contribution in [2.45, 2.75) is 0 Å². The number of carbonyl (C=O) groups is 1. The number of carbonyl (C=O) groups excluding carboxylic acids is 2. The monoisotopic (exact) mass is 208 g/mol. The van der Waals surface area contributed by atoms with Gasteiger partial charge in [-0.2, -0.15) is 0 Å². The highest BCUT2D eigenvalue weighted by atomic mass is 35.5. The molecule has 0 aliphatic carbocycles. The Morgan fingerprint density at radius 2 is 2.25 bits per heavy atom. The molecule has 1 fully saturated rings. The fourth-order valence-corrected chi connectivity index (χ4v) is 0.990. The van der Waals surface area contributed by atoms with Gasteiger partial charge in [0.2, 0.25) is 0 Å². The van der Waals surface area contributed by atoms with Crippen molar-refractivity contribution in [3.8, 4) is 0 Å². The Balaban J connectivity index is 0.000000261. The average molecular weight is 209 g/mol. The molecule has 0 saturated carbocycles. The molecule has 0 aromatic carbocycles. The van der Waals surface area contributed by atoms with Crippen molar-refractivity contribution >= 4 is 34.5 Å². The highest BCUT2D eigenvalue weighted by Gasteiger charge is 2.14. The van der Waals surface area contributed by atoms with Gasteiger partial charge in [0.05, 0.1) is 12.4 Å². The Morgan fingerprint density at radius 1 is 1.67 bits per heavy atom. The second kappa shape index (κ2) is 7.18. The van der Waals surface area contributed by atoms with Crippen molar-refractivity contribution in [3.63, 3.8) is 0 Å². The van der Waals surface area contributed by atoms with Crippen LogP contribution in [-0.4, -0.2) is 29.4 Å². The summed E-state index contributed by atoms with van der Waals surface area (Å²) in [5, 5.41) is 11.3. The third-order valence-electron chi connectivity index (χ3n) is 0.801. The van der Waals surface area contributed by atoms with Gasteiger partial charge in [-0.1, -0.05) is 11.8 Å². The third kappa shape index (κ3) is 5.21. The molecule has 4 nitrogen and oxygen atoms in total. The minimum atomic E-state index is -0.165. The molecule has 1 amide bonds. The second-order valence-electron chi connectivity index (χ2n) is 1.67. The maximum absolute atomic E-state index is 10.3. The van der Waals surface area contributed by atoms with Gasteiger partial charge in [0, 0.05) is 5.88 Å². The number of nitrogens with one attached hydrogen (secondary N) is 1. The maximum Gasteiger partial charge on any atom is 0.284 e. The Bertz CT molecular complexity index is 201. The predicted octanol–water partition coefficient (Wildman–Crippen LogP) is 0.814. The van der Waals surface area contributed by atoms with Crippen LogP contribution in [0.1, 0.15) is 0 Å². The third-order valence-corrected chi connectivity index (χ3v) is 1.75. The topological polar surface area (TPSA) is 66.1 Å². The van der Waals surface area contributed by atoms with Crippen LogP contribution in [0.25, 0.3) is 0 Å². The summed E-state index contributed by atoms with van der Waals surface area (Å²) in [7, 11) is 0. The normalized spacial score (nSPS) is 14.5. The smallest absolute Gasteiger partial charge is 0.284 e. The van der Waals surface area contributed by atoms with Gasteiger partial charge in [0.25, 0.3) is 5.24 Å². The molecule has 1 saturated heterocycles. The number of thioether (sulfide) groups is 1. The van der Waals surface area contributed by atoms with Crippen LogP contribution in [0.3, 0.4) is 0 Å². The Kier molecular flexibility index (Phi) is 6.90. The van der Waals surface area contributed by atoms with Crippen LogP contribution in [0, 0.1) is 0 Å². The lowest BCUT2D eigenvalue weighted by Crippen LogP contribution is -2.09. The van der Waals surface area contributed by atoms with E-state index in [0.717, 1.165) is 11.8 Å². The lowest BCUT2D eigenvalue weighted by Gasteiger charge is -1.81. The molecular formula is C6H7ClNO3S. The highest BCUT2D eigenvalue weighted by Crippen LogP contribution is 2.12. The fraction of sp³-hybridized carbons (Fsp3) is 0.500. The van der Waals surface area contributed by atoms with E-state index in [4.69, 9.17) is 16.7 Å². The van der Waals surface area contributed by atoms with Crippen molar-refractivity contribution in [3.05, 3.63) is 5.70 Å².